The van der Waals surface area contributed by atoms with Crippen molar-refractivity contribution in [1.29, 1.82) is 0 Å². The zero-order valence-corrected chi connectivity index (χ0v) is 13.9. The predicted molar refractivity (Wildman–Crippen MR) is 90.9 cm³/mol. The van der Waals surface area contributed by atoms with Crippen LogP contribution in [0.3, 0.4) is 0 Å². The number of hydrogen-bond acceptors (Lipinski definition) is 5. The van der Waals surface area contributed by atoms with Crippen LogP contribution >= 0.6 is 0 Å². The van der Waals surface area contributed by atoms with Crippen molar-refractivity contribution in [2.45, 2.75) is 13.8 Å². The molecule has 0 saturated carbocycles. The Kier molecular flexibility index (Phi) is 4.65. The lowest BCUT2D eigenvalue weighted by molar-refractivity contribution is 0.0525. The Bertz CT molecular complexity index is 880. The molecule has 0 unspecified atom stereocenters. The normalized spacial score (nSPS) is 10.5. The highest BCUT2D eigenvalue weighted by molar-refractivity contribution is 6.04. The van der Waals surface area contributed by atoms with Gasteiger partial charge in [0.2, 0.25) is 0 Å². The maximum Gasteiger partial charge on any atom is 0.341 e. The van der Waals surface area contributed by atoms with Crippen molar-refractivity contribution in [2.24, 2.45) is 0 Å². The summed E-state index contributed by atoms with van der Waals surface area (Å²) >= 11 is 0. The van der Waals surface area contributed by atoms with Crippen LogP contribution in [0.2, 0.25) is 0 Å². The Labute approximate surface area is 144 Å². The molecule has 1 amide bonds. The number of carbonyl (C=O) groups is 2. The molecule has 2 heterocycles. The van der Waals surface area contributed by atoms with Gasteiger partial charge in [0.1, 0.15) is 11.8 Å². The lowest BCUT2D eigenvalue weighted by atomic mass is 10.2. The van der Waals surface area contributed by atoms with Crippen molar-refractivity contribution in [3.8, 4) is 5.69 Å². The van der Waals surface area contributed by atoms with E-state index in [0.717, 1.165) is 5.69 Å². The first kappa shape index (κ1) is 16.5. The molecule has 0 saturated heterocycles. The van der Waals surface area contributed by atoms with E-state index >= 15 is 0 Å². The lowest BCUT2D eigenvalue weighted by Gasteiger charge is -2.08. The van der Waals surface area contributed by atoms with Gasteiger partial charge in [-0.05, 0) is 44.2 Å². The largest absolute Gasteiger partial charge is 0.472 e. The molecule has 7 nitrogen and oxygen atoms in total. The topological polar surface area (TPSA) is 86.4 Å². The van der Waals surface area contributed by atoms with Gasteiger partial charge in [-0.1, -0.05) is 0 Å². The number of amides is 1. The number of ether oxygens (including phenoxy) is 1. The van der Waals surface area contributed by atoms with Crippen molar-refractivity contribution in [1.82, 2.24) is 9.78 Å². The molecule has 0 bridgehead atoms. The van der Waals surface area contributed by atoms with Crippen LogP contribution in [0.4, 0.5) is 5.69 Å². The van der Waals surface area contributed by atoms with E-state index in [9.17, 15) is 9.59 Å². The Balaban J connectivity index is 1.77. The fourth-order valence-corrected chi connectivity index (χ4v) is 2.36. The van der Waals surface area contributed by atoms with E-state index in [2.05, 4.69) is 10.4 Å². The first-order valence-corrected chi connectivity index (χ1v) is 7.76. The molecule has 0 radical (unpaired) electrons. The van der Waals surface area contributed by atoms with Crippen molar-refractivity contribution >= 4 is 17.6 Å². The van der Waals surface area contributed by atoms with E-state index in [1.165, 1.54) is 18.7 Å². The highest BCUT2D eigenvalue weighted by Crippen LogP contribution is 2.18. The molecule has 7 heteroatoms. The minimum Gasteiger partial charge on any atom is -0.472 e. The Morgan fingerprint density at radius 1 is 1.24 bits per heavy atom. The molecule has 128 valence electrons. The van der Waals surface area contributed by atoms with Crippen molar-refractivity contribution in [3.05, 3.63) is 65.9 Å². The molecule has 0 fully saturated rings. The van der Waals surface area contributed by atoms with Crippen LogP contribution in [0.5, 0.6) is 0 Å². The fraction of sp³-hybridized carbons (Fsp3) is 0.167. The van der Waals surface area contributed by atoms with Crippen LogP contribution in [0.25, 0.3) is 5.69 Å². The van der Waals surface area contributed by atoms with E-state index in [1.807, 2.05) is 0 Å². The molecule has 1 aromatic carbocycles. The van der Waals surface area contributed by atoms with E-state index in [0.29, 0.717) is 29.1 Å². The minimum absolute atomic E-state index is 0.249. The third-order valence-corrected chi connectivity index (χ3v) is 3.66. The molecule has 3 aromatic rings. The van der Waals surface area contributed by atoms with Crippen molar-refractivity contribution in [3.63, 3.8) is 0 Å². The molecule has 0 aliphatic carbocycles. The first-order chi connectivity index (χ1) is 12.1. The molecule has 0 spiro atoms. The second-order valence-electron chi connectivity index (χ2n) is 5.29. The molecule has 25 heavy (non-hydrogen) atoms. The van der Waals surface area contributed by atoms with Gasteiger partial charge in [-0.25, -0.2) is 9.48 Å². The smallest absolute Gasteiger partial charge is 0.341 e. The summed E-state index contributed by atoms with van der Waals surface area (Å²) in [7, 11) is 0. The average molecular weight is 339 g/mol. The number of furan rings is 1. The summed E-state index contributed by atoms with van der Waals surface area (Å²) in [6, 6.07) is 8.73. The highest BCUT2D eigenvalue weighted by atomic mass is 16.5. The summed E-state index contributed by atoms with van der Waals surface area (Å²) in [6.07, 6.45) is 4.31. The summed E-state index contributed by atoms with van der Waals surface area (Å²) in [4.78, 5) is 23.9. The van der Waals surface area contributed by atoms with Crippen LogP contribution in [-0.2, 0) is 4.74 Å². The summed E-state index contributed by atoms with van der Waals surface area (Å²) in [5, 5.41) is 7.01. The summed E-state index contributed by atoms with van der Waals surface area (Å²) < 4.78 is 11.5. The summed E-state index contributed by atoms with van der Waals surface area (Å²) in [5.74, 6) is -0.642. The van der Waals surface area contributed by atoms with Crippen molar-refractivity contribution < 1.29 is 18.7 Å². The van der Waals surface area contributed by atoms with Crippen LogP contribution in [-0.4, -0.2) is 28.3 Å². The summed E-state index contributed by atoms with van der Waals surface area (Å²) in [5.41, 5.74) is 2.98. The van der Waals surface area contributed by atoms with E-state index in [4.69, 9.17) is 9.15 Å². The van der Waals surface area contributed by atoms with Gasteiger partial charge >= 0.3 is 5.97 Å². The van der Waals surface area contributed by atoms with Gasteiger partial charge < -0.3 is 14.5 Å². The maximum absolute atomic E-state index is 12.0. The number of hydrogen-bond donors (Lipinski definition) is 1. The number of anilines is 1. The maximum atomic E-state index is 12.0. The molecular weight excluding hydrogens is 322 g/mol. The number of aromatic nitrogens is 2. The van der Waals surface area contributed by atoms with E-state index in [-0.39, 0.29) is 5.91 Å². The standard InChI is InChI=1S/C18H17N3O4/c1-3-25-18(23)16-10-19-21(12(16)2)15-6-4-14(5-7-15)20-17(22)13-8-9-24-11-13/h4-11H,3H2,1-2H3,(H,20,22). The van der Waals surface area contributed by atoms with Gasteiger partial charge in [0.25, 0.3) is 5.91 Å². The monoisotopic (exact) mass is 339 g/mol. The van der Waals surface area contributed by atoms with Crippen LogP contribution in [0, 0.1) is 6.92 Å². The molecule has 0 aliphatic rings. The SMILES string of the molecule is CCOC(=O)c1cnn(-c2ccc(NC(=O)c3ccoc3)cc2)c1C. The molecule has 0 aliphatic heterocycles. The van der Waals surface area contributed by atoms with Crippen molar-refractivity contribution in [2.75, 3.05) is 11.9 Å². The Morgan fingerprint density at radius 3 is 2.64 bits per heavy atom. The fourth-order valence-electron chi connectivity index (χ4n) is 2.36. The second kappa shape index (κ2) is 7.04. The van der Waals surface area contributed by atoms with Crippen LogP contribution < -0.4 is 5.32 Å². The number of nitrogens with one attached hydrogen (secondary N) is 1. The predicted octanol–water partition coefficient (Wildman–Crippen LogP) is 3.20. The molecular formula is C18H17N3O4. The molecule has 0 atom stereocenters. The summed E-state index contributed by atoms with van der Waals surface area (Å²) in [6.45, 7) is 3.87. The van der Waals surface area contributed by atoms with E-state index in [1.54, 1.807) is 48.9 Å². The Hall–Kier alpha value is -3.35. The molecule has 2 aromatic heterocycles. The van der Waals surface area contributed by atoms with Gasteiger partial charge in [-0.3, -0.25) is 4.79 Å². The third-order valence-electron chi connectivity index (χ3n) is 3.66. The number of nitrogens with zero attached hydrogens (tertiary/aromatic N) is 2. The first-order valence-electron chi connectivity index (χ1n) is 7.76. The number of esters is 1. The lowest BCUT2D eigenvalue weighted by Crippen LogP contribution is -2.11. The van der Waals surface area contributed by atoms with Gasteiger partial charge in [0.05, 0.1) is 36.0 Å². The zero-order chi connectivity index (χ0) is 17.8. The van der Waals surface area contributed by atoms with Gasteiger partial charge in [-0.2, -0.15) is 5.10 Å². The average Bonchev–Trinajstić information content (AvgIpc) is 3.26. The third kappa shape index (κ3) is 3.45. The Morgan fingerprint density at radius 2 is 2.00 bits per heavy atom. The zero-order valence-electron chi connectivity index (χ0n) is 13.9. The highest BCUT2D eigenvalue weighted by Gasteiger charge is 2.16. The number of carbonyl (C=O) groups excluding carboxylic acids is 2. The van der Waals surface area contributed by atoms with Gasteiger partial charge in [0.15, 0.2) is 0 Å². The molecule has 1 N–H and O–H groups in total. The van der Waals surface area contributed by atoms with E-state index < -0.39 is 5.97 Å². The van der Waals surface area contributed by atoms with Gasteiger partial charge in [0, 0.05) is 5.69 Å². The van der Waals surface area contributed by atoms with Gasteiger partial charge in [-0.15, -0.1) is 0 Å². The van der Waals surface area contributed by atoms with Crippen LogP contribution in [0.1, 0.15) is 33.3 Å². The number of benzene rings is 1. The quantitative estimate of drug-likeness (QED) is 0.721. The molecule has 3 rings (SSSR count). The number of rotatable bonds is 5. The minimum atomic E-state index is -0.393. The second-order valence-corrected chi connectivity index (χ2v) is 5.29. The van der Waals surface area contributed by atoms with Crippen LogP contribution in [0.15, 0.2) is 53.5 Å².